The maximum absolute atomic E-state index is 12.7. The summed E-state index contributed by atoms with van der Waals surface area (Å²) >= 11 is 1.30. The molecule has 0 aliphatic carbocycles. The largest absolute Gasteiger partial charge is 0.487 e. The minimum Gasteiger partial charge on any atom is -0.487 e. The van der Waals surface area contributed by atoms with Crippen LogP contribution in [0.1, 0.15) is 57.8 Å². The van der Waals surface area contributed by atoms with Crippen LogP contribution in [0.15, 0.2) is 35.7 Å². The number of hydrogen-bond donors (Lipinski definition) is 1. The van der Waals surface area contributed by atoms with Gasteiger partial charge in [-0.05, 0) is 19.1 Å². The highest BCUT2D eigenvalue weighted by Gasteiger charge is 2.42. The summed E-state index contributed by atoms with van der Waals surface area (Å²) in [6, 6.07) is 9.42. The third-order valence-corrected chi connectivity index (χ3v) is 6.15. The molecule has 2 aliphatic heterocycles. The SMILES string of the molecule is CC(=O)c1cc(C(=O)NC2CC3(CCOCC3)Oc3ccccc32)cs1. The lowest BCUT2D eigenvalue weighted by Gasteiger charge is -2.44. The minimum atomic E-state index is -0.288. The van der Waals surface area contributed by atoms with Gasteiger partial charge in [-0.1, -0.05) is 18.2 Å². The average molecular weight is 371 g/mol. The maximum atomic E-state index is 12.7. The van der Waals surface area contributed by atoms with Gasteiger partial charge in [-0.3, -0.25) is 9.59 Å². The molecule has 1 aromatic heterocycles. The van der Waals surface area contributed by atoms with Crippen LogP contribution in [-0.4, -0.2) is 30.5 Å². The molecule has 3 heterocycles. The van der Waals surface area contributed by atoms with Gasteiger partial charge in [-0.15, -0.1) is 11.3 Å². The van der Waals surface area contributed by atoms with Gasteiger partial charge in [0.1, 0.15) is 11.4 Å². The molecular weight excluding hydrogens is 350 g/mol. The van der Waals surface area contributed by atoms with Gasteiger partial charge in [0, 0.05) is 30.2 Å². The Hall–Kier alpha value is -2.18. The van der Waals surface area contributed by atoms with E-state index in [1.54, 1.807) is 11.4 Å². The normalized spacial score (nSPS) is 20.9. The van der Waals surface area contributed by atoms with E-state index < -0.39 is 0 Å². The number of nitrogens with one attached hydrogen (secondary N) is 1. The predicted molar refractivity (Wildman–Crippen MR) is 99.0 cm³/mol. The first kappa shape index (κ1) is 17.2. The van der Waals surface area contributed by atoms with Crippen LogP contribution in [0.25, 0.3) is 0 Å². The van der Waals surface area contributed by atoms with Crippen LogP contribution in [0.5, 0.6) is 5.75 Å². The topological polar surface area (TPSA) is 64.6 Å². The number of fused-ring (bicyclic) bond motifs is 1. The Kier molecular flexibility index (Phi) is 4.54. The first-order chi connectivity index (χ1) is 12.6. The summed E-state index contributed by atoms with van der Waals surface area (Å²) in [5.74, 6) is 0.657. The van der Waals surface area contributed by atoms with E-state index in [0.717, 1.165) is 30.6 Å². The van der Waals surface area contributed by atoms with Gasteiger partial charge in [0.2, 0.25) is 0 Å². The highest BCUT2D eigenvalue weighted by atomic mass is 32.1. The number of ketones is 1. The van der Waals surface area contributed by atoms with Gasteiger partial charge in [0.25, 0.3) is 5.91 Å². The Balaban J connectivity index is 1.59. The molecule has 1 amide bonds. The number of carbonyl (C=O) groups is 2. The summed E-state index contributed by atoms with van der Waals surface area (Å²) in [4.78, 5) is 24.8. The fourth-order valence-electron chi connectivity index (χ4n) is 3.68. The van der Waals surface area contributed by atoms with E-state index in [0.29, 0.717) is 23.7 Å². The zero-order valence-corrected chi connectivity index (χ0v) is 15.4. The van der Waals surface area contributed by atoms with Crippen molar-refractivity contribution in [2.45, 2.75) is 37.8 Å². The number of hydrogen-bond acceptors (Lipinski definition) is 5. The summed E-state index contributed by atoms with van der Waals surface area (Å²) < 4.78 is 11.8. The van der Waals surface area contributed by atoms with E-state index in [2.05, 4.69) is 5.32 Å². The van der Waals surface area contributed by atoms with Crippen molar-refractivity contribution in [2.24, 2.45) is 0 Å². The number of rotatable bonds is 3. The summed E-state index contributed by atoms with van der Waals surface area (Å²) in [5, 5.41) is 4.89. The third kappa shape index (κ3) is 3.27. The van der Waals surface area contributed by atoms with Gasteiger partial charge >= 0.3 is 0 Å². The number of amides is 1. The molecule has 5 nitrogen and oxygen atoms in total. The van der Waals surface area contributed by atoms with Crippen molar-refractivity contribution in [3.8, 4) is 5.75 Å². The van der Waals surface area contributed by atoms with Crippen LogP contribution in [0.2, 0.25) is 0 Å². The van der Waals surface area contributed by atoms with Crippen molar-refractivity contribution >= 4 is 23.0 Å². The molecule has 0 saturated carbocycles. The molecule has 1 unspecified atom stereocenters. The van der Waals surface area contributed by atoms with Gasteiger partial charge in [0.05, 0.1) is 29.7 Å². The molecule has 1 saturated heterocycles. The van der Waals surface area contributed by atoms with Gasteiger partial charge in [0.15, 0.2) is 5.78 Å². The van der Waals surface area contributed by atoms with Crippen molar-refractivity contribution in [2.75, 3.05) is 13.2 Å². The fourth-order valence-corrected chi connectivity index (χ4v) is 4.47. The monoisotopic (exact) mass is 371 g/mol. The van der Waals surface area contributed by atoms with Crippen LogP contribution < -0.4 is 10.1 Å². The zero-order chi connectivity index (χ0) is 18.1. The minimum absolute atomic E-state index is 0.0216. The predicted octanol–water partition coefficient (Wildman–Crippen LogP) is 3.75. The number of para-hydroxylation sites is 1. The Morgan fingerprint density at radius 3 is 2.73 bits per heavy atom. The first-order valence-electron chi connectivity index (χ1n) is 8.82. The summed E-state index contributed by atoms with van der Waals surface area (Å²) in [5.41, 5.74) is 1.24. The first-order valence-corrected chi connectivity index (χ1v) is 9.70. The van der Waals surface area contributed by atoms with E-state index in [-0.39, 0.29) is 23.3 Å². The molecule has 4 rings (SSSR count). The molecule has 0 bridgehead atoms. The second kappa shape index (κ2) is 6.85. The Morgan fingerprint density at radius 2 is 2.00 bits per heavy atom. The third-order valence-electron chi connectivity index (χ3n) is 5.12. The van der Waals surface area contributed by atoms with Crippen molar-refractivity contribution < 1.29 is 19.1 Å². The molecule has 1 spiro atoms. The number of ether oxygens (including phenoxy) is 2. The van der Waals surface area contributed by atoms with Crippen molar-refractivity contribution in [1.29, 1.82) is 0 Å². The molecule has 6 heteroatoms. The Morgan fingerprint density at radius 1 is 1.23 bits per heavy atom. The molecule has 136 valence electrons. The quantitative estimate of drug-likeness (QED) is 0.835. The number of Topliss-reactive ketones (excluding diaryl/α,β-unsaturated/α-hetero) is 1. The Bertz CT molecular complexity index is 838. The Labute approximate surface area is 156 Å². The number of benzene rings is 1. The van der Waals surface area contributed by atoms with Crippen molar-refractivity contribution in [3.63, 3.8) is 0 Å². The molecule has 2 aromatic rings. The zero-order valence-electron chi connectivity index (χ0n) is 14.6. The molecule has 1 aromatic carbocycles. The van der Waals surface area contributed by atoms with E-state index in [1.165, 1.54) is 18.3 Å². The lowest BCUT2D eigenvalue weighted by Crippen LogP contribution is -2.48. The molecule has 26 heavy (non-hydrogen) atoms. The van der Waals surface area contributed by atoms with Crippen LogP contribution in [0.4, 0.5) is 0 Å². The van der Waals surface area contributed by atoms with Crippen LogP contribution in [-0.2, 0) is 4.74 Å². The maximum Gasteiger partial charge on any atom is 0.252 e. The second-order valence-electron chi connectivity index (χ2n) is 6.92. The number of carbonyl (C=O) groups excluding carboxylic acids is 2. The standard InChI is InChI=1S/C20H21NO4S/c1-13(22)18-10-14(12-26-18)19(23)21-16-11-20(6-8-24-9-7-20)25-17-5-3-2-4-15(16)17/h2-5,10,12,16H,6-9,11H2,1H3,(H,21,23). The molecule has 0 radical (unpaired) electrons. The van der Waals surface area contributed by atoms with E-state index in [1.807, 2.05) is 24.3 Å². The average Bonchev–Trinajstić information content (AvgIpc) is 3.13. The molecule has 1 fully saturated rings. The van der Waals surface area contributed by atoms with Crippen LogP contribution in [0, 0.1) is 0 Å². The number of thiophene rings is 1. The van der Waals surface area contributed by atoms with Crippen molar-refractivity contribution in [1.82, 2.24) is 5.32 Å². The van der Waals surface area contributed by atoms with E-state index in [9.17, 15) is 9.59 Å². The smallest absolute Gasteiger partial charge is 0.252 e. The fraction of sp³-hybridized carbons (Fsp3) is 0.400. The summed E-state index contributed by atoms with van der Waals surface area (Å²) in [6.45, 7) is 2.86. The van der Waals surface area contributed by atoms with Crippen LogP contribution >= 0.6 is 11.3 Å². The van der Waals surface area contributed by atoms with E-state index in [4.69, 9.17) is 9.47 Å². The molecular formula is C20H21NO4S. The highest BCUT2D eigenvalue weighted by molar-refractivity contribution is 7.12. The lowest BCUT2D eigenvalue weighted by atomic mass is 9.82. The van der Waals surface area contributed by atoms with Gasteiger partial charge in [-0.25, -0.2) is 0 Å². The molecule has 2 aliphatic rings. The van der Waals surface area contributed by atoms with Gasteiger partial charge in [-0.2, -0.15) is 0 Å². The van der Waals surface area contributed by atoms with Gasteiger partial charge < -0.3 is 14.8 Å². The summed E-state index contributed by atoms with van der Waals surface area (Å²) in [6.07, 6.45) is 2.37. The lowest BCUT2D eigenvalue weighted by molar-refractivity contribution is -0.0639. The van der Waals surface area contributed by atoms with Crippen molar-refractivity contribution in [3.05, 3.63) is 51.7 Å². The summed E-state index contributed by atoms with van der Waals surface area (Å²) in [7, 11) is 0. The second-order valence-corrected chi connectivity index (χ2v) is 7.83. The molecule has 1 N–H and O–H groups in total. The van der Waals surface area contributed by atoms with E-state index >= 15 is 0 Å². The molecule has 1 atom stereocenters. The highest BCUT2D eigenvalue weighted by Crippen LogP contribution is 2.44. The van der Waals surface area contributed by atoms with Crippen LogP contribution in [0.3, 0.4) is 0 Å².